The Morgan fingerprint density at radius 1 is 1.11 bits per heavy atom. The number of aromatic amines is 1. The van der Waals surface area contributed by atoms with Gasteiger partial charge in [0.25, 0.3) is 5.91 Å². The molecule has 0 spiro atoms. The van der Waals surface area contributed by atoms with Crippen LogP contribution in [0.4, 0.5) is 0 Å². The molecule has 4 aliphatic rings. The molecule has 6 rings (SSSR count). The molecule has 0 radical (unpaired) electrons. The van der Waals surface area contributed by atoms with Crippen molar-refractivity contribution in [1.29, 1.82) is 0 Å². The molecular formula is C22H28N4O. The Labute approximate surface area is 160 Å². The number of benzene rings is 1. The molecule has 2 atom stereocenters. The minimum atomic E-state index is 0.109. The molecule has 2 unspecified atom stereocenters. The number of aryl methyl sites for hydroxylation is 1. The Hall–Kier alpha value is -2.14. The Morgan fingerprint density at radius 3 is 2.59 bits per heavy atom. The van der Waals surface area contributed by atoms with Gasteiger partial charge in [-0.25, -0.2) is 0 Å². The summed E-state index contributed by atoms with van der Waals surface area (Å²) in [6.07, 6.45) is 5.55. The maximum Gasteiger partial charge on any atom is 0.274 e. The molecule has 5 nitrogen and oxygen atoms in total. The van der Waals surface area contributed by atoms with Crippen molar-refractivity contribution in [2.45, 2.75) is 51.1 Å². The SMILES string of the molecule is CCc1cc(C(=O)N2CC3CCC2CN(C2Cc4ccccc4C2)C3)n[nH]1. The van der Waals surface area contributed by atoms with Crippen molar-refractivity contribution in [3.05, 3.63) is 52.8 Å². The quantitative estimate of drug-likeness (QED) is 0.911. The molecule has 1 aromatic heterocycles. The van der Waals surface area contributed by atoms with Crippen LogP contribution < -0.4 is 0 Å². The summed E-state index contributed by atoms with van der Waals surface area (Å²) in [6.45, 7) is 5.09. The third-order valence-electron chi connectivity index (χ3n) is 6.78. The predicted molar refractivity (Wildman–Crippen MR) is 105 cm³/mol. The lowest BCUT2D eigenvalue weighted by molar-refractivity contribution is 0.0575. The summed E-state index contributed by atoms with van der Waals surface area (Å²) >= 11 is 0. The highest BCUT2D eigenvalue weighted by atomic mass is 16.2. The van der Waals surface area contributed by atoms with Gasteiger partial charge in [0.1, 0.15) is 5.69 Å². The van der Waals surface area contributed by atoms with Crippen LogP contribution in [-0.4, -0.2) is 57.6 Å². The van der Waals surface area contributed by atoms with Crippen molar-refractivity contribution in [2.24, 2.45) is 5.92 Å². The predicted octanol–water partition coefficient (Wildman–Crippen LogP) is 2.68. The monoisotopic (exact) mass is 364 g/mol. The third kappa shape index (κ3) is 3.08. The van der Waals surface area contributed by atoms with E-state index in [1.807, 2.05) is 6.07 Å². The zero-order chi connectivity index (χ0) is 18.4. The van der Waals surface area contributed by atoms with Gasteiger partial charge in [0, 0.05) is 37.4 Å². The molecule has 2 bridgehead atoms. The molecule has 1 N–H and O–H groups in total. The lowest BCUT2D eigenvalue weighted by Gasteiger charge is -2.36. The molecule has 2 aromatic rings. The summed E-state index contributed by atoms with van der Waals surface area (Å²) in [6, 6.07) is 11.7. The molecule has 1 aliphatic carbocycles. The Kier molecular flexibility index (Phi) is 4.27. The number of hydrogen-bond acceptors (Lipinski definition) is 3. The van der Waals surface area contributed by atoms with Gasteiger partial charge in [-0.15, -0.1) is 0 Å². The van der Waals surface area contributed by atoms with E-state index in [1.165, 1.54) is 17.5 Å². The van der Waals surface area contributed by atoms with Gasteiger partial charge in [0.2, 0.25) is 0 Å². The van der Waals surface area contributed by atoms with Gasteiger partial charge in [-0.2, -0.15) is 5.10 Å². The van der Waals surface area contributed by atoms with E-state index >= 15 is 0 Å². The highest BCUT2D eigenvalue weighted by Gasteiger charge is 2.40. The normalized spacial score (nSPS) is 25.6. The van der Waals surface area contributed by atoms with Crippen LogP contribution in [0.1, 0.15) is 47.1 Å². The summed E-state index contributed by atoms with van der Waals surface area (Å²) in [5.41, 5.74) is 4.63. The van der Waals surface area contributed by atoms with Gasteiger partial charge >= 0.3 is 0 Å². The molecule has 0 saturated carbocycles. The van der Waals surface area contributed by atoms with E-state index in [9.17, 15) is 4.79 Å². The molecule has 4 heterocycles. The smallest absolute Gasteiger partial charge is 0.274 e. The number of carbonyl (C=O) groups excluding carboxylic acids is 1. The van der Waals surface area contributed by atoms with Crippen LogP contribution in [0.3, 0.4) is 0 Å². The molecule has 27 heavy (non-hydrogen) atoms. The van der Waals surface area contributed by atoms with E-state index in [4.69, 9.17) is 0 Å². The number of nitrogens with one attached hydrogen (secondary N) is 1. The standard InChI is InChI=1S/C22H28N4O/c1-2-18-11-21(24-23-18)22(27)26-13-15-7-8-19(26)14-25(12-15)20-9-16-5-3-4-6-17(16)10-20/h3-6,11,15,19-20H,2,7-10,12-14H2,1H3,(H,23,24). The van der Waals surface area contributed by atoms with E-state index in [0.717, 1.165) is 51.0 Å². The number of piperidine rings is 1. The minimum absolute atomic E-state index is 0.109. The van der Waals surface area contributed by atoms with Crippen LogP contribution in [0.25, 0.3) is 0 Å². The largest absolute Gasteiger partial charge is 0.333 e. The molecule has 142 valence electrons. The minimum Gasteiger partial charge on any atom is -0.333 e. The second kappa shape index (κ2) is 6.79. The Morgan fingerprint density at radius 2 is 1.89 bits per heavy atom. The van der Waals surface area contributed by atoms with Crippen molar-refractivity contribution in [3.63, 3.8) is 0 Å². The summed E-state index contributed by atoms with van der Waals surface area (Å²) in [5.74, 6) is 0.693. The second-order valence-corrected chi connectivity index (χ2v) is 8.47. The van der Waals surface area contributed by atoms with Crippen LogP contribution in [0, 0.1) is 5.92 Å². The van der Waals surface area contributed by atoms with Crippen molar-refractivity contribution in [1.82, 2.24) is 20.0 Å². The van der Waals surface area contributed by atoms with Gasteiger partial charge in [0.15, 0.2) is 0 Å². The van der Waals surface area contributed by atoms with Crippen LogP contribution in [0.5, 0.6) is 0 Å². The zero-order valence-corrected chi connectivity index (χ0v) is 16.0. The van der Waals surface area contributed by atoms with Crippen molar-refractivity contribution < 1.29 is 4.79 Å². The maximum atomic E-state index is 13.1. The first-order chi connectivity index (χ1) is 13.2. The average Bonchev–Trinajstić information content (AvgIpc) is 3.25. The fourth-order valence-electron chi connectivity index (χ4n) is 5.26. The number of hydrogen-bond donors (Lipinski definition) is 1. The van der Waals surface area contributed by atoms with Crippen molar-refractivity contribution in [2.75, 3.05) is 19.6 Å². The maximum absolute atomic E-state index is 13.1. The zero-order valence-electron chi connectivity index (χ0n) is 16.0. The van der Waals surface area contributed by atoms with Gasteiger partial charge in [0.05, 0.1) is 0 Å². The number of rotatable bonds is 3. The van der Waals surface area contributed by atoms with Crippen LogP contribution in [0.2, 0.25) is 0 Å². The van der Waals surface area contributed by atoms with Crippen molar-refractivity contribution in [3.8, 4) is 0 Å². The number of H-pyrrole nitrogens is 1. The highest BCUT2D eigenvalue weighted by molar-refractivity contribution is 5.92. The molecule has 1 aromatic carbocycles. The molecule has 5 heteroatoms. The number of nitrogens with zero attached hydrogens (tertiary/aromatic N) is 3. The molecule has 1 amide bonds. The van der Waals surface area contributed by atoms with E-state index in [-0.39, 0.29) is 5.91 Å². The average molecular weight is 364 g/mol. The van der Waals surface area contributed by atoms with Crippen LogP contribution in [-0.2, 0) is 19.3 Å². The first kappa shape index (κ1) is 17.0. The molecule has 3 aliphatic heterocycles. The van der Waals surface area contributed by atoms with Gasteiger partial charge in [-0.05, 0) is 55.2 Å². The van der Waals surface area contributed by atoms with Gasteiger partial charge in [-0.3, -0.25) is 14.8 Å². The van der Waals surface area contributed by atoms with E-state index in [2.05, 4.69) is 51.2 Å². The Balaban J connectivity index is 1.33. The fourth-order valence-corrected chi connectivity index (χ4v) is 5.26. The topological polar surface area (TPSA) is 52.2 Å². The molecule has 3 fully saturated rings. The summed E-state index contributed by atoms with van der Waals surface area (Å²) in [7, 11) is 0. The molecule has 3 saturated heterocycles. The fraction of sp³-hybridized carbons (Fsp3) is 0.545. The highest BCUT2D eigenvalue weighted by Crippen LogP contribution is 2.33. The van der Waals surface area contributed by atoms with Crippen LogP contribution >= 0.6 is 0 Å². The van der Waals surface area contributed by atoms with E-state index < -0.39 is 0 Å². The number of carbonyl (C=O) groups is 1. The number of fused-ring (bicyclic) bond motifs is 5. The lowest BCUT2D eigenvalue weighted by Crippen LogP contribution is -2.48. The van der Waals surface area contributed by atoms with E-state index in [1.54, 1.807) is 0 Å². The third-order valence-corrected chi connectivity index (χ3v) is 6.78. The first-order valence-electron chi connectivity index (χ1n) is 10.4. The van der Waals surface area contributed by atoms with Gasteiger partial charge in [-0.1, -0.05) is 31.2 Å². The van der Waals surface area contributed by atoms with E-state index in [0.29, 0.717) is 23.7 Å². The Bertz CT molecular complexity index is 819. The molecular weight excluding hydrogens is 336 g/mol. The number of aromatic nitrogens is 2. The summed E-state index contributed by atoms with van der Waals surface area (Å²) < 4.78 is 0. The summed E-state index contributed by atoms with van der Waals surface area (Å²) in [5, 5.41) is 7.26. The van der Waals surface area contributed by atoms with Gasteiger partial charge < -0.3 is 4.90 Å². The second-order valence-electron chi connectivity index (χ2n) is 8.47. The van der Waals surface area contributed by atoms with Crippen molar-refractivity contribution >= 4 is 5.91 Å². The summed E-state index contributed by atoms with van der Waals surface area (Å²) in [4.78, 5) is 17.9. The van der Waals surface area contributed by atoms with Crippen LogP contribution in [0.15, 0.2) is 30.3 Å². The lowest BCUT2D eigenvalue weighted by atomic mass is 9.94. The number of amides is 1. The first-order valence-corrected chi connectivity index (χ1v) is 10.4.